The summed E-state index contributed by atoms with van der Waals surface area (Å²) in [4.78, 5) is 22.8. The van der Waals surface area contributed by atoms with Crippen LogP contribution < -0.4 is 9.97 Å². The molecular formula is C16H19BFNO6S. The Bertz CT molecular complexity index is 716. The molecule has 0 aliphatic carbocycles. The lowest BCUT2D eigenvalue weighted by atomic mass is 9.72. The number of hydrogen-bond donors (Lipinski definition) is 2. The molecule has 0 amide bonds. The van der Waals surface area contributed by atoms with Crippen LogP contribution in [0.25, 0.3) is 0 Å². The molecular weight excluding hydrogens is 364 g/mol. The molecule has 0 bridgehead atoms. The summed E-state index contributed by atoms with van der Waals surface area (Å²) in [5, 5.41) is 13.3. The fraction of sp³-hybridized carbons (Fsp3) is 0.375. The average Bonchev–Trinajstić information content (AvgIpc) is 2.55. The molecule has 0 spiro atoms. The largest absolute Gasteiger partial charge is 0.546 e. The summed E-state index contributed by atoms with van der Waals surface area (Å²) >= 11 is 1.57. The quantitative estimate of drug-likeness (QED) is 0.413. The highest BCUT2D eigenvalue weighted by Gasteiger charge is 2.38. The van der Waals surface area contributed by atoms with Crippen LogP contribution in [-0.4, -0.2) is 48.8 Å². The van der Waals surface area contributed by atoms with Crippen molar-refractivity contribution in [2.45, 2.75) is 19.3 Å². The summed E-state index contributed by atoms with van der Waals surface area (Å²) in [6.45, 7) is 4.37. The third-order valence-corrected chi connectivity index (χ3v) is 4.21. The van der Waals surface area contributed by atoms with Gasteiger partial charge in [0.1, 0.15) is 17.1 Å². The van der Waals surface area contributed by atoms with Crippen molar-refractivity contribution in [2.24, 2.45) is 0 Å². The number of carbonyl (C=O) groups is 2. The predicted molar refractivity (Wildman–Crippen MR) is 95.2 cm³/mol. The van der Waals surface area contributed by atoms with Gasteiger partial charge in [0.2, 0.25) is 6.79 Å². The maximum absolute atomic E-state index is 14.1. The summed E-state index contributed by atoms with van der Waals surface area (Å²) in [5.41, 5.74) is 0.803. The van der Waals surface area contributed by atoms with E-state index in [1.807, 2.05) is 6.26 Å². The van der Waals surface area contributed by atoms with Crippen molar-refractivity contribution in [3.05, 3.63) is 41.4 Å². The Balaban J connectivity index is 2.18. The van der Waals surface area contributed by atoms with Crippen LogP contribution in [0, 0.1) is 5.82 Å². The molecule has 1 heterocycles. The second-order valence-corrected chi connectivity index (χ2v) is 6.46. The minimum absolute atomic E-state index is 0.0844. The Morgan fingerprint density at radius 3 is 2.88 bits per heavy atom. The first kappa shape index (κ1) is 20.1. The van der Waals surface area contributed by atoms with Gasteiger partial charge in [-0.15, -0.1) is 0 Å². The average molecular weight is 383 g/mol. The highest BCUT2D eigenvalue weighted by Crippen LogP contribution is 2.32. The fourth-order valence-corrected chi connectivity index (χ4v) is 2.90. The van der Waals surface area contributed by atoms with Crippen LogP contribution in [0.5, 0.6) is 5.75 Å². The summed E-state index contributed by atoms with van der Waals surface area (Å²) in [5.74, 6) is -2.46. The summed E-state index contributed by atoms with van der Waals surface area (Å²) in [6.07, 6.45) is 2.22. The van der Waals surface area contributed by atoms with E-state index in [1.54, 1.807) is 11.8 Å². The van der Waals surface area contributed by atoms with Crippen LogP contribution in [-0.2, 0) is 20.7 Å². The molecule has 0 saturated carbocycles. The molecule has 1 aromatic rings. The highest BCUT2D eigenvalue weighted by atomic mass is 32.2. The van der Waals surface area contributed by atoms with Gasteiger partial charge in [-0.25, -0.2) is 9.18 Å². The van der Waals surface area contributed by atoms with Crippen LogP contribution in [0.3, 0.4) is 0 Å². The summed E-state index contributed by atoms with van der Waals surface area (Å²) < 4.78 is 28.8. The number of thioether (sulfide) groups is 1. The predicted octanol–water partition coefficient (Wildman–Crippen LogP) is 1.29. The lowest BCUT2D eigenvalue weighted by molar-refractivity contribution is -0.149. The van der Waals surface area contributed by atoms with Crippen LogP contribution >= 0.6 is 11.8 Å². The normalized spacial score (nSPS) is 15.5. The van der Waals surface area contributed by atoms with Crippen molar-refractivity contribution in [3.8, 4) is 5.75 Å². The molecule has 1 atom stereocenters. The molecule has 1 aliphatic rings. The molecule has 0 unspecified atom stereocenters. The third-order valence-electron chi connectivity index (χ3n) is 3.58. The molecule has 0 fully saturated rings. The molecule has 2 rings (SSSR count). The molecule has 1 aliphatic heterocycles. The van der Waals surface area contributed by atoms with E-state index in [1.165, 1.54) is 6.07 Å². The van der Waals surface area contributed by atoms with Gasteiger partial charge >= 0.3 is 19.1 Å². The van der Waals surface area contributed by atoms with Crippen molar-refractivity contribution in [1.29, 1.82) is 0 Å². The van der Waals surface area contributed by atoms with Gasteiger partial charge in [-0.05, 0) is 24.3 Å². The monoisotopic (exact) mass is 383 g/mol. The molecule has 26 heavy (non-hydrogen) atoms. The lowest BCUT2D eigenvalue weighted by Gasteiger charge is -2.30. The molecule has 0 aromatic heterocycles. The van der Waals surface area contributed by atoms with E-state index in [9.17, 15) is 19.0 Å². The van der Waals surface area contributed by atoms with E-state index in [0.29, 0.717) is 17.7 Å². The number of benzene rings is 1. The molecule has 0 radical (unpaired) electrons. The maximum atomic E-state index is 14.1. The highest BCUT2D eigenvalue weighted by molar-refractivity contribution is 7.98. The number of halogens is 1. The Hall–Kier alpha value is -2.20. The van der Waals surface area contributed by atoms with E-state index in [2.05, 4.69) is 16.6 Å². The van der Waals surface area contributed by atoms with Gasteiger partial charge in [-0.2, -0.15) is 11.8 Å². The van der Waals surface area contributed by atoms with E-state index in [4.69, 9.17) is 9.39 Å². The van der Waals surface area contributed by atoms with Gasteiger partial charge in [-0.1, -0.05) is 12.6 Å². The molecule has 2 N–H and O–H groups in total. The summed E-state index contributed by atoms with van der Waals surface area (Å²) in [6, 6.07) is 2.60. The number of fused-ring (bicyclic) bond motifs is 1. The van der Waals surface area contributed by atoms with Crippen molar-refractivity contribution < 1.29 is 33.1 Å². The molecule has 1 aromatic carbocycles. The number of rotatable bonds is 7. The van der Waals surface area contributed by atoms with Crippen molar-refractivity contribution in [1.82, 2.24) is 5.32 Å². The number of carbonyl (C=O) groups excluding carboxylic acids is 2. The Morgan fingerprint density at radius 1 is 1.50 bits per heavy atom. The zero-order valence-electron chi connectivity index (χ0n) is 14.4. The van der Waals surface area contributed by atoms with E-state index < -0.39 is 43.2 Å². The van der Waals surface area contributed by atoms with Crippen molar-refractivity contribution >= 4 is 30.8 Å². The second kappa shape index (κ2) is 8.95. The zero-order valence-corrected chi connectivity index (χ0v) is 15.2. The third kappa shape index (κ3) is 4.92. The minimum atomic E-state index is -1.30. The van der Waals surface area contributed by atoms with E-state index in [0.717, 1.165) is 18.7 Å². The van der Waals surface area contributed by atoms with Crippen LogP contribution in [0.1, 0.15) is 22.8 Å². The van der Waals surface area contributed by atoms with Crippen LogP contribution in [0.4, 0.5) is 4.39 Å². The van der Waals surface area contributed by atoms with Crippen molar-refractivity contribution in [3.63, 3.8) is 0 Å². The first-order valence-corrected chi connectivity index (χ1v) is 9.12. The SMILES string of the molecule is C=C(CSC)N[C@H]1Cc2ccc(F)c(C(=O)OCOC(C)=O)c2OB1O. The van der Waals surface area contributed by atoms with Crippen molar-refractivity contribution in [2.75, 3.05) is 18.8 Å². The number of hydrogen-bond acceptors (Lipinski definition) is 8. The van der Waals surface area contributed by atoms with Gasteiger partial charge in [0, 0.05) is 18.4 Å². The first-order valence-electron chi connectivity index (χ1n) is 7.73. The van der Waals surface area contributed by atoms with Crippen LogP contribution in [0.2, 0.25) is 0 Å². The zero-order chi connectivity index (χ0) is 19.3. The lowest BCUT2D eigenvalue weighted by Crippen LogP contribution is -2.51. The van der Waals surface area contributed by atoms with Gasteiger partial charge in [0.05, 0.1) is 5.94 Å². The topological polar surface area (TPSA) is 94.1 Å². The van der Waals surface area contributed by atoms with E-state index in [-0.39, 0.29) is 5.75 Å². The standard InChI is InChI=1S/C16H19BFNO6S/c1-9(7-26-3)19-13-6-11-4-5-12(18)14(15(11)25-17(13)22)16(21)24-8-23-10(2)20/h4-5,13,19,22H,1,6-8H2,2-3H3/t13-/m0/s1. The minimum Gasteiger partial charge on any atom is -0.534 e. The maximum Gasteiger partial charge on any atom is 0.546 e. The van der Waals surface area contributed by atoms with Crippen LogP contribution in [0.15, 0.2) is 24.4 Å². The number of nitrogens with one attached hydrogen (secondary N) is 1. The van der Waals surface area contributed by atoms with Gasteiger partial charge in [-0.3, -0.25) is 4.79 Å². The number of esters is 2. The second-order valence-electron chi connectivity index (χ2n) is 5.60. The molecule has 0 saturated heterocycles. The first-order chi connectivity index (χ1) is 12.3. The van der Waals surface area contributed by atoms with Gasteiger partial charge in [0.25, 0.3) is 0 Å². The van der Waals surface area contributed by atoms with E-state index >= 15 is 0 Å². The fourth-order valence-electron chi connectivity index (χ4n) is 2.47. The molecule has 140 valence electrons. The smallest absolute Gasteiger partial charge is 0.534 e. The summed E-state index contributed by atoms with van der Waals surface area (Å²) in [7, 11) is -1.30. The van der Waals surface area contributed by atoms with Gasteiger partial charge < -0.3 is 24.5 Å². The Labute approximate surface area is 155 Å². The molecule has 10 heteroatoms. The number of ether oxygens (including phenoxy) is 2. The van der Waals surface area contributed by atoms with Gasteiger partial charge in [0.15, 0.2) is 0 Å². The molecule has 7 nitrogen and oxygen atoms in total. The Morgan fingerprint density at radius 2 is 2.23 bits per heavy atom. The Kier molecular flexibility index (Phi) is 6.93.